The van der Waals surface area contributed by atoms with E-state index in [1.165, 1.54) is 12.8 Å². The van der Waals surface area contributed by atoms with Crippen molar-refractivity contribution in [3.8, 4) is 0 Å². The Balaban J connectivity index is 1.77. The third-order valence-corrected chi connectivity index (χ3v) is 3.13. The first-order valence-electron chi connectivity index (χ1n) is 5.75. The zero-order chi connectivity index (χ0) is 11.0. The number of nitrogens with two attached hydrogens (primary N) is 1. The van der Waals surface area contributed by atoms with Gasteiger partial charge in [-0.3, -0.25) is 0 Å². The molecule has 0 unspecified atom stereocenters. The molecule has 3 heteroatoms. The molecule has 2 aromatic rings. The third kappa shape index (κ3) is 1.78. The van der Waals surface area contributed by atoms with Crippen LogP contribution >= 0.6 is 0 Å². The van der Waals surface area contributed by atoms with Crippen LogP contribution in [-0.2, 0) is 11.5 Å². The van der Waals surface area contributed by atoms with Crippen LogP contribution in [0.25, 0.3) is 10.9 Å². The molecule has 16 heavy (non-hydrogen) atoms. The van der Waals surface area contributed by atoms with Gasteiger partial charge in [-0.1, -0.05) is 6.07 Å². The molecule has 0 amide bonds. The summed E-state index contributed by atoms with van der Waals surface area (Å²) in [5, 5.41) is 1.11. The van der Waals surface area contributed by atoms with Gasteiger partial charge in [0.1, 0.15) is 6.73 Å². The molecule has 0 saturated heterocycles. The maximum Gasteiger partial charge on any atom is 0.122 e. The van der Waals surface area contributed by atoms with Crippen molar-refractivity contribution in [2.75, 3.05) is 12.3 Å². The summed E-state index contributed by atoms with van der Waals surface area (Å²) in [6.07, 6.45) is 4.70. The largest absolute Gasteiger partial charge is 0.398 e. The molecule has 0 spiro atoms. The number of hydrogen-bond acceptors (Lipinski definition) is 2. The van der Waals surface area contributed by atoms with E-state index >= 15 is 0 Å². The minimum absolute atomic E-state index is 0.628. The van der Waals surface area contributed by atoms with Gasteiger partial charge in [-0.05, 0) is 37.0 Å². The molecular weight excluding hydrogens is 200 g/mol. The van der Waals surface area contributed by atoms with Crippen LogP contribution in [0.5, 0.6) is 0 Å². The van der Waals surface area contributed by atoms with Crippen LogP contribution in [0.4, 0.5) is 5.69 Å². The van der Waals surface area contributed by atoms with E-state index in [0.29, 0.717) is 6.73 Å². The number of rotatable bonds is 4. The smallest absolute Gasteiger partial charge is 0.122 e. The van der Waals surface area contributed by atoms with Gasteiger partial charge >= 0.3 is 0 Å². The van der Waals surface area contributed by atoms with E-state index in [1.54, 1.807) is 0 Å². The Hall–Kier alpha value is -1.48. The second-order valence-electron chi connectivity index (χ2n) is 4.51. The molecule has 1 aliphatic carbocycles. The van der Waals surface area contributed by atoms with Gasteiger partial charge in [0, 0.05) is 17.3 Å². The topological polar surface area (TPSA) is 40.2 Å². The van der Waals surface area contributed by atoms with E-state index in [1.807, 2.05) is 24.4 Å². The highest BCUT2D eigenvalue weighted by Crippen LogP contribution is 2.29. The molecule has 1 aromatic heterocycles. The average molecular weight is 216 g/mol. The molecule has 1 aromatic carbocycles. The zero-order valence-electron chi connectivity index (χ0n) is 9.23. The Labute approximate surface area is 94.8 Å². The van der Waals surface area contributed by atoms with Gasteiger partial charge in [-0.15, -0.1) is 0 Å². The van der Waals surface area contributed by atoms with Crippen LogP contribution in [0.15, 0.2) is 30.5 Å². The van der Waals surface area contributed by atoms with Gasteiger partial charge in [0.2, 0.25) is 0 Å². The summed E-state index contributed by atoms with van der Waals surface area (Å²) in [5.74, 6) is 0.812. The lowest BCUT2D eigenvalue weighted by atomic mass is 10.2. The number of nitrogens with zero attached hydrogens (tertiary/aromatic N) is 1. The highest BCUT2D eigenvalue weighted by Gasteiger charge is 2.21. The van der Waals surface area contributed by atoms with Crippen molar-refractivity contribution in [2.45, 2.75) is 19.6 Å². The molecule has 0 bridgehead atoms. The molecule has 1 fully saturated rings. The molecule has 3 nitrogen and oxygen atoms in total. The van der Waals surface area contributed by atoms with Crippen LogP contribution in [0.1, 0.15) is 12.8 Å². The summed E-state index contributed by atoms with van der Waals surface area (Å²) in [4.78, 5) is 0. The third-order valence-electron chi connectivity index (χ3n) is 3.13. The van der Waals surface area contributed by atoms with Gasteiger partial charge in [0.25, 0.3) is 0 Å². The number of benzene rings is 1. The maximum atomic E-state index is 5.90. The second-order valence-corrected chi connectivity index (χ2v) is 4.51. The monoisotopic (exact) mass is 216 g/mol. The normalized spacial score (nSPS) is 15.8. The number of anilines is 1. The van der Waals surface area contributed by atoms with Gasteiger partial charge in [-0.25, -0.2) is 0 Å². The molecule has 3 rings (SSSR count). The SMILES string of the molecule is Nc1cccc2c1ccn2COCC1CC1. The summed E-state index contributed by atoms with van der Waals surface area (Å²) in [6.45, 7) is 1.52. The van der Waals surface area contributed by atoms with Crippen molar-refractivity contribution in [2.24, 2.45) is 5.92 Å². The number of aromatic nitrogens is 1. The lowest BCUT2D eigenvalue weighted by Crippen LogP contribution is -2.03. The van der Waals surface area contributed by atoms with Gasteiger partial charge in [0.05, 0.1) is 12.1 Å². The molecular formula is C13H16N2O. The molecule has 0 atom stereocenters. The van der Waals surface area contributed by atoms with Gasteiger partial charge in [0.15, 0.2) is 0 Å². The maximum absolute atomic E-state index is 5.90. The standard InChI is InChI=1S/C13H16N2O/c14-12-2-1-3-13-11(12)6-7-15(13)9-16-8-10-4-5-10/h1-3,6-7,10H,4-5,8-9,14H2. The van der Waals surface area contributed by atoms with Gasteiger partial charge in [-0.2, -0.15) is 0 Å². The number of nitrogen functional groups attached to an aromatic ring is 1. The van der Waals surface area contributed by atoms with Crippen LogP contribution < -0.4 is 5.73 Å². The van der Waals surface area contributed by atoms with Crippen LogP contribution in [0, 0.1) is 5.92 Å². The van der Waals surface area contributed by atoms with E-state index in [0.717, 1.165) is 29.1 Å². The fourth-order valence-electron chi connectivity index (χ4n) is 1.96. The first-order chi connectivity index (χ1) is 7.84. The Morgan fingerprint density at radius 2 is 2.19 bits per heavy atom. The van der Waals surface area contributed by atoms with Crippen LogP contribution in [-0.4, -0.2) is 11.2 Å². The van der Waals surface area contributed by atoms with E-state index < -0.39 is 0 Å². The molecule has 84 valence electrons. The van der Waals surface area contributed by atoms with Crippen molar-refractivity contribution in [1.29, 1.82) is 0 Å². The summed E-state index contributed by atoms with van der Waals surface area (Å²) in [6, 6.07) is 8.03. The Bertz CT molecular complexity index is 500. The molecule has 0 aliphatic heterocycles. The molecule has 1 heterocycles. The number of hydrogen-bond donors (Lipinski definition) is 1. The molecule has 1 saturated carbocycles. The number of fused-ring (bicyclic) bond motifs is 1. The average Bonchev–Trinajstić information content (AvgIpc) is 3.00. The molecule has 2 N–H and O–H groups in total. The van der Waals surface area contributed by atoms with E-state index in [9.17, 15) is 0 Å². The predicted molar refractivity (Wildman–Crippen MR) is 65.0 cm³/mol. The van der Waals surface area contributed by atoms with Crippen molar-refractivity contribution < 1.29 is 4.74 Å². The van der Waals surface area contributed by atoms with E-state index in [2.05, 4.69) is 10.6 Å². The Morgan fingerprint density at radius 1 is 1.31 bits per heavy atom. The van der Waals surface area contributed by atoms with Crippen LogP contribution in [0.3, 0.4) is 0 Å². The quantitative estimate of drug-likeness (QED) is 0.798. The number of ether oxygens (including phenoxy) is 1. The van der Waals surface area contributed by atoms with E-state index in [-0.39, 0.29) is 0 Å². The fourth-order valence-corrected chi connectivity index (χ4v) is 1.96. The Morgan fingerprint density at radius 3 is 3.00 bits per heavy atom. The van der Waals surface area contributed by atoms with Crippen molar-refractivity contribution in [3.05, 3.63) is 30.5 Å². The lowest BCUT2D eigenvalue weighted by molar-refractivity contribution is 0.0718. The first-order valence-corrected chi connectivity index (χ1v) is 5.75. The minimum Gasteiger partial charge on any atom is -0.398 e. The predicted octanol–water partition coefficient (Wildman–Crippen LogP) is 2.61. The van der Waals surface area contributed by atoms with Crippen molar-refractivity contribution >= 4 is 16.6 Å². The molecule has 0 radical (unpaired) electrons. The zero-order valence-corrected chi connectivity index (χ0v) is 9.23. The lowest BCUT2D eigenvalue weighted by Gasteiger charge is -2.06. The fraction of sp³-hybridized carbons (Fsp3) is 0.385. The Kier molecular flexibility index (Phi) is 2.33. The van der Waals surface area contributed by atoms with E-state index in [4.69, 9.17) is 10.5 Å². The summed E-state index contributed by atoms with van der Waals surface area (Å²) in [5.41, 5.74) is 7.88. The van der Waals surface area contributed by atoms with Crippen LogP contribution in [0.2, 0.25) is 0 Å². The summed E-state index contributed by atoms with van der Waals surface area (Å²) >= 11 is 0. The summed E-state index contributed by atoms with van der Waals surface area (Å²) in [7, 11) is 0. The minimum atomic E-state index is 0.628. The molecule has 1 aliphatic rings. The second kappa shape index (κ2) is 3.83. The van der Waals surface area contributed by atoms with Crippen molar-refractivity contribution in [1.82, 2.24) is 4.57 Å². The van der Waals surface area contributed by atoms with Crippen molar-refractivity contribution in [3.63, 3.8) is 0 Å². The first kappa shape index (κ1) is 9.73. The van der Waals surface area contributed by atoms with Gasteiger partial charge < -0.3 is 15.0 Å². The summed E-state index contributed by atoms with van der Waals surface area (Å²) < 4.78 is 7.78. The highest BCUT2D eigenvalue weighted by molar-refractivity contribution is 5.91. The highest BCUT2D eigenvalue weighted by atomic mass is 16.5.